The van der Waals surface area contributed by atoms with Crippen LogP contribution in [0.25, 0.3) is 0 Å². The van der Waals surface area contributed by atoms with Crippen molar-refractivity contribution in [3.63, 3.8) is 0 Å². The molecule has 0 aliphatic rings. The summed E-state index contributed by atoms with van der Waals surface area (Å²) < 4.78 is 64.1. The summed E-state index contributed by atoms with van der Waals surface area (Å²) in [4.78, 5) is 0. The largest absolute Gasteiger partial charge is 0.748 e. The fourth-order valence-electron chi connectivity index (χ4n) is 6.09. The van der Waals surface area contributed by atoms with E-state index in [1.54, 1.807) is 0 Å². The van der Waals surface area contributed by atoms with Crippen molar-refractivity contribution < 1.29 is 25.9 Å². The summed E-state index contributed by atoms with van der Waals surface area (Å²) in [6.45, 7) is 16.1. The maximum Gasteiger partial charge on any atom is 0.0947 e. The molecule has 0 aromatic rings. The highest BCUT2D eigenvalue weighted by atomic mass is 32.2. The third kappa shape index (κ3) is 39.1. The third-order valence-corrected chi connectivity index (χ3v) is 16.5. The highest BCUT2D eigenvalue weighted by Crippen LogP contribution is 2.55. The molecule has 0 spiro atoms. The van der Waals surface area contributed by atoms with Gasteiger partial charge in [-0.05, 0) is 44.9 Å². The standard InChI is InChI=1S/C19H41O3PS.C17H37O3PS/c1-5-6-7-8-9-10-11-12-13-14-16-19(23(2,3)4)17-15-18-24(20,21)22;1-4-5-6-7-8-9-10-11-12-13-15-21(2,3)16-14-17-22(18,19)20/h19H,5-18H2,1-4H3;4-17H2,1-3H3. The highest BCUT2D eigenvalue weighted by Gasteiger charge is 2.30. The Morgan fingerprint density at radius 3 is 1.11 bits per heavy atom. The van der Waals surface area contributed by atoms with Crippen LogP contribution in [0.1, 0.15) is 168 Å². The normalized spacial score (nSPS) is 13.4. The van der Waals surface area contributed by atoms with E-state index in [1.807, 2.05) is 0 Å². The second-order valence-corrected chi connectivity index (χ2v) is 28.1. The Morgan fingerprint density at radius 1 is 0.435 bits per heavy atom. The van der Waals surface area contributed by atoms with Crippen molar-refractivity contribution in [1.29, 1.82) is 0 Å². The van der Waals surface area contributed by atoms with Crippen LogP contribution in [0.15, 0.2) is 0 Å². The zero-order valence-corrected chi connectivity index (χ0v) is 35.0. The molecule has 46 heavy (non-hydrogen) atoms. The van der Waals surface area contributed by atoms with Gasteiger partial charge in [-0.3, -0.25) is 0 Å². The monoisotopic (exact) mass is 732 g/mol. The van der Waals surface area contributed by atoms with Crippen LogP contribution in [-0.4, -0.2) is 88.8 Å². The smallest absolute Gasteiger partial charge is 0.0947 e. The molecule has 1 unspecified atom stereocenters. The Balaban J connectivity index is 0. The SMILES string of the molecule is CCCCCCCCCCCCC(CCCS(=O)(=O)[O-])[P+](C)(C)C.CCCCCCCCCCCC[P+](C)(C)CCCS(=O)(=O)[O-]. The highest BCUT2D eigenvalue weighted by molar-refractivity contribution is 7.86. The fraction of sp³-hybridized carbons (Fsp3) is 1.00. The molecule has 0 aliphatic carbocycles. The Bertz CT molecular complexity index is 887. The van der Waals surface area contributed by atoms with E-state index in [4.69, 9.17) is 0 Å². The van der Waals surface area contributed by atoms with Gasteiger partial charge in [-0.15, -0.1) is 0 Å². The van der Waals surface area contributed by atoms with Gasteiger partial charge in [0.05, 0.1) is 38.2 Å². The van der Waals surface area contributed by atoms with Gasteiger partial charge >= 0.3 is 0 Å². The van der Waals surface area contributed by atoms with Crippen molar-refractivity contribution in [2.75, 3.05) is 57.2 Å². The average molecular weight is 733 g/mol. The second kappa shape index (κ2) is 29.4. The summed E-state index contributed by atoms with van der Waals surface area (Å²) in [6.07, 6.45) is 32.4. The molecule has 0 aromatic carbocycles. The first-order valence-electron chi connectivity index (χ1n) is 18.9. The minimum atomic E-state index is -4.05. The van der Waals surface area contributed by atoms with Gasteiger partial charge in [-0.2, -0.15) is 0 Å². The van der Waals surface area contributed by atoms with E-state index in [9.17, 15) is 25.9 Å². The van der Waals surface area contributed by atoms with Gasteiger partial charge in [0.15, 0.2) is 0 Å². The average Bonchev–Trinajstić information content (AvgIpc) is 2.92. The number of hydrogen-bond acceptors (Lipinski definition) is 6. The molecular weight excluding hydrogens is 654 g/mol. The van der Waals surface area contributed by atoms with Crippen LogP contribution in [0, 0.1) is 0 Å². The number of hydrogen-bond donors (Lipinski definition) is 0. The van der Waals surface area contributed by atoms with E-state index in [2.05, 4.69) is 47.2 Å². The molecule has 0 aliphatic heterocycles. The first-order chi connectivity index (χ1) is 21.4. The van der Waals surface area contributed by atoms with E-state index in [0.29, 0.717) is 18.5 Å². The molecule has 0 amide bonds. The third-order valence-electron chi connectivity index (χ3n) is 9.19. The first-order valence-corrected chi connectivity index (χ1v) is 28.3. The predicted octanol–water partition coefficient (Wildman–Crippen LogP) is 11.0. The molecule has 0 bridgehead atoms. The molecule has 0 N–H and O–H groups in total. The molecule has 280 valence electrons. The van der Waals surface area contributed by atoms with Crippen molar-refractivity contribution in [3.8, 4) is 0 Å². The maximum absolute atomic E-state index is 10.8. The van der Waals surface area contributed by atoms with Gasteiger partial charge in [0.25, 0.3) is 0 Å². The summed E-state index contributed by atoms with van der Waals surface area (Å²) >= 11 is 0. The Kier molecular flexibility index (Phi) is 31.2. The van der Waals surface area contributed by atoms with Crippen LogP contribution in [-0.2, 0) is 20.2 Å². The van der Waals surface area contributed by atoms with E-state index in [-0.39, 0.29) is 11.5 Å². The molecule has 10 heteroatoms. The van der Waals surface area contributed by atoms with Crippen LogP contribution in [0.5, 0.6) is 0 Å². The zero-order valence-electron chi connectivity index (χ0n) is 31.5. The quantitative estimate of drug-likeness (QED) is 0.0398. The van der Waals surface area contributed by atoms with E-state index >= 15 is 0 Å². The maximum atomic E-state index is 10.8. The van der Waals surface area contributed by atoms with Crippen LogP contribution in [0.4, 0.5) is 0 Å². The van der Waals surface area contributed by atoms with Gasteiger partial charge in [0, 0.05) is 59.4 Å². The molecule has 0 heterocycles. The number of unbranched alkanes of at least 4 members (excludes halogenated alkanes) is 18. The van der Waals surface area contributed by atoms with Crippen LogP contribution >= 0.6 is 14.5 Å². The second-order valence-electron chi connectivity index (χ2n) is 15.3. The lowest BCUT2D eigenvalue weighted by atomic mass is 10.0. The van der Waals surface area contributed by atoms with Crippen LogP contribution in [0.3, 0.4) is 0 Å². The molecule has 0 saturated carbocycles. The van der Waals surface area contributed by atoms with Crippen molar-refractivity contribution in [2.24, 2.45) is 0 Å². The van der Waals surface area contributed by atoms with E-state index in [0.717, 1.165) is 12.6 Å². The van der Waals surface area contributed by atoms with E-state index in [1.165, 1.54) is 141 Å². The van der Waals surface area contributed by atoms with Gasteiger partial charge in [0.2, 0.25) is 0 Å². The Hall–Kier alpha value is 0.680. The Labute approximate surface area is 290 Å². The van der Waals surface area contributed by atoms with Crippen LogP contribution in [0.2, 0.25) is 0 Å². The molecule has 0 saturated heterocycles. The topological polar surface area (TPSA) is 114 Å². The first kappa shape index (κ1) is 48.8. The number of rotatable bonds is 31. The summed E-state index contributed by atoms with van der Waals surface area (Å²) in [5, 5.41) is 0. The molecule has 6 nitrogen and oxygen atoms in total. The lowest BCUT2D eigenvalue weighted by Gasteiger charge is -2.25. The summed E-state index contributed by atoms with van der Waals surface area (Å²) in [6, 6.07) is 0. The molecule has 1 atom stereocenters. The predicted molar refractivity (Wildman–Crippen MR) is 208 cm³/mol. The van der Waals surface area contributed by atoms with Crippen molar-refractivity contribution in [2.45, 2.75) is 174 Å². The molecule has 0 aromatic heterocycles. The molecule has 0 fully saturated rings. The van der Waals surface area contributed by atoms with Crippen molar-refractivity contribution in [3.05, 3.63) is 0 Å². The summed E-state index contributed by atoms with van der Waals surface area (Å²) in [5.41, 5.74) is 0.619. The van der Waals surface area contributed by atoms with Gasteiger partial charge in [0.1, 0.15) is 0 Å². The lowest BCUT2D eigenvalue weighted by Crippen LogP contribution is -2.14. The molecular formula is C36H78O6P2S2. The molecule has 0 radical (unpaired) electrons. The molecule has 0 rings (SSSR count). The van der Waals surface area contributed by atoms with E-state index < -0.39 is 34.8 Å². The van der Waals surface area contributed by atoms with Gasteiger partial charge < -0.3 is 9.11 Å². The van der Waals surface area contributed by atoms with Crippen LogP contribution < -0.4 is 0 Å². The minimum Gasteiger partial charge on any atom is -0.748 e. The van der Waals surface area contributed by atoms with Crippen molar-refractivity contribution in [1.82, 2.24) is 0 Å². The zero-order chi connectivity index (χ0) is 35.4. The van der Waals surface area contributed by atoms with Crippen molar-refractivity contribution >= 4 is 34.8 Å². The lowest BCUT2D eigenvalue weighted by molar-refractivity contribution is 0.458. The minimum absolute atomic E-state index is 0.186. The Morgan fingerprint density at radius 2 is 0.739 bits per heavy atom. The summed E-state index contributed by atoms with van der Waals surface area (Å²) in [7, 11) is -10.1. The fourth-order valence-corrected chi connectivity index (χ4v) is 11.6. The van der Waals surface area contributed by atoms with Gasteiger partial charge in [-0.1, -0.05) is 123 Å². The summed E-state index contributed by atoms with van der Waals surface area (Å²) in [5.74, 6) is -0.379. The van der Waals surface area contributed by atoms with Gasteiger partial charge in [-0.25, -0.2) is 16.8 Å².